The van der Waals surface area contributed by atoms with Crippen molar-refractivity contribution < 1.29 is 9.59 Å². The Labute approximate surface area is 134 Å². The molecular weight excluding hydrogens is 276 g/mol. The molecule has 4 heteroatoms. The van der Waals surface area contributed by atoms with Crippen molar-refractivity contribution in [2.45, 2.75) is 47.5 Å². The van der Waals surface area contributed by atoms with E-state index in [9.17, 15) is 9.59 Å². The molecule has 1 saturated carbocycles. The fourth-order valence-corrected chi connectivity index (χ4v) is 3.80. The number of likely N-dealkylation sites (tertiary alicyclic amines) is 1. The maximum Gasteiger partial charge on any atom is 0.236 e. The van der Waals surface area contributed by atoms with Gasteiger partial charge in [-0.1, -0.05) is 46.5 Å². The topological polar surface area (TPSA) is 40.6 Å². The number of rotatable bonds is 4. The van der Waals surface area contributed by atoms with E-state index >= 15 is 0 Å². The van der Waals surface area contributed by atoms with Gasteiger partial charge in [0.25, 0.3) is 0 Å². The van der Waals surface area contributed by atoms with E-state index in [2.05, 4.69) is 44.4 Å². The summed E-state index contributed by atoms with van der Waals surface area (Å²) < 4.78 is 0. The van der Waals surface area contributed by atoms with Gasteiger partial charge in [-0.05, 0) is 31.3 Å². The molecule has 2 atom stereocenters. The number of fused-ring (bicyclic) bond motifs is 2. The summed E-state index contributed by atoms with van der Waals surface area (Å²) >= 11 is 0. The Morgan fingerprint density at radius 3 is 2.41 bits per heavy atom. The van der Waals surface area contributed by atoms with Gasteiger partial charge < -0.3 is 0 Å². The predicted octanol–water partition coefficient (Wildman–Crippen LogP) is 2.14. The summed E-state index contributed by atoms with van der Waals surface area (Å²) in [6.45, 7) is 13.2. The van der Waals surface area contributed by atoms with Crippen molar-refractivity contribution in [3.63, 3.8) is 0 Å². The third-order valence-corrected chi connectivity index (χ3v) is 6.07. The largest absolute Gasteiger partial charge is 0.293 e. The van der Waals surface area contributed by atoms with Crippen LogP contribution in [-0.4, -0.2) is 47.8 Å². The van der Waals surface area contributed by atoms with Crippen LogP contribution < -0.4 is 0 Å². The van der Waals surface area contributed by atoms with E-state index in [1.165, 1.54) is 4.90 Å². The first-order valence-corrected chi connectivity index (χ1v) is 8.33. The fraction of sp³-hybridized carbons (Fsp3) is 0.778. The van der Waals surface area contributed by atoms with Gasteiger partial charge in [0.05, 0.1) is 18.5 Å². The number of piperidine rings is 1. The summed E-state index contributed by atoms with van der Waals surface area (Å²) in [5.74, 6) is 6.01. The SMILES string of the molecule is CCN(CC)CC#CCN1C(=O)C2CCC(C)(C1=O)C2(C)C. The molecule has 0 aromatic carbocycles. The third-order valence-electron chi connectivity index (χ3n) is 6.07. The minimum atomic E-state index is -0.424. The van der Waals surface area contributed by atoms with E-state index in [4.69, 9.17) is 0 Å². The normalized spacial score (nSPS) is 29.7. The molecule has 1 aliphatic carbocycles. The second-order valence-corrected chi connectivity index (χ2v) is 7.19. The summed E-state index contributed by atoms with van der Waals surface area (Å²) in [5, 5.41) is 0. The van der Waals surface area contributed by atoms with Crippen LogP contribution in [0.3, 0.4) is 0 Å². The molecule has 2 fully saturated rings. The molecule has 2 unspecified atom stereocenters. The smallest absolute Gasteiger partial charge is 0.236 e. The van der Waals surface area contributed by atoms with Crippen LogP contribution in [0.15, 0.2) is 0 Å². The molecule has 1 aliphatic heterocycles. The highest BCUT2D eigenvalue weighted by Crippen LogP contribution is 2.59. The van der Waals surface area contributed by atoms with E-state index in [-0.39, 0.29) is 29.7 Å². The van der Waals surface area contributed by atoms with Crippen LogP contribution in [0.1, 0.15) is 47.5 Å². The Kier molecular flexibility index (Phi) is 4.67. The molecule has 2 rings (SSSR count). The first-order valence-electron chi connectivity index (χ1n) is 8.33. The lowest BCUT2D eigenvalue weighted by molar-refractivity contribution is -0.166. The molecule has 4 nitrogen and oxygen atoms in total. The molecule has 0 aromatic heterocycles. The van der Waals surface area contributed by atoms with Gasteiger partial charge >= 0.3 is 0 Å². The molecule has 22 heavy (non-hydrogen) atoms. The highest BCUT2D eigenvalue weighted by atomic mass is 16.2. The molecule has 2 amide bonds. The summed E-state index contributed by atoms with van der Waals surface area (Å²) in [5.41, 5.74) is -0.668. The average molecular weight is 304 g/mol. The van der Waals surface area contributed by atoms with Crippen LogP contribution in [0, 0.1) is 28.6 Å². The monoisotopic (exact) mass is 304 g/mol. The van der Waals surface area contributed by atoms with E-state index < -0.39 is 5.41 Å². The summed E-state index contributed by atoms with van der Waals surface area (Å²) in [7, 11) is 0. The number of amides is 2. The number of carbonyl (C=O) groups is 2. The van der Waals surface area contributed by atoms with Crippen molar-refractivity contribution in [2.24, 2.45) is 16.7 Å². The van der Waals surface area contributed by atoms with Crippen molar-refractivity contribution in [3.8, 4) is 11.8 Å². The van der Waals surface area contributed by atoms with Crippen LogP contribution in [0.2, 0.25) is 0 Å². The molecule has 0 aromatic rings. The summed E-state index contributed by atoms with van der Waals surface area (Å²) in [6.07, 6.45) is 1.62. The van der Waals surface area contributed by atoms with Crippen molar-refractivity contribution in [1.82, 2.24) is 9.80 Å². The maximum atomic E-state index is 12.8. The second-order valence-electron chi connectivity index (χ2n) is 7.19. The standard InChI is InChI=1S/C18H28N2O2/c1-6-19(7-2)12-8-9-13-20-15(21)14-10-11-18(5,16(20)22)17(14,3)4/h14H,6-7,10-13H2,1-5H3. The van der Waals surface area contributed by atoms with Crippen molar-refractivity contribution in [1.29, 1.82) is 0 Å². The van der Waals surface area contributed by atoms with Crippen LogP contribution in [0.4, 0.5) is 0 Å². The number of hydrogen-bond acceptors (Lipinski definition) is 3. The second kappa shape index (κ2) is 6.04. The van der Waals surface area contributed by atoms with Crippen LogP contribution in [-0.2, 0) is 9.59 Å². The van der Waals surface area contributed by atoms with E-state index in [0.29, 0.717) is 6.54 Å². The number of carbonyl (C=O) groups excluding carboxylic acids is 2. The van der Waals surface area contributed by atoms with Gasteiger partial charge in [-0.25, -0.2) is 0 Å². The van der Waals surface area contributed by atoms with Gasteiger partial charge in [0.15, 0.2) is 0 Å². The molecule has 122 valence electrons. The highest BCUT2D eigenvalue weighted by Gasteiger charge is 2.64. The lowest BCUT2D eigenvalue weighted by Gasteiger charge is -2.47. The van der Waals surface area contributed by atoms with Gasteiger partial charge in [0.1, 0.15) is 0 Å². The Hall–Kier alpha value is -1.34. The van der Waals surface area contributed by atoms with Gasteiger partial charge in [0.2, 0.25) is 11.8 Å². The zero-order chi connectivity index (χ0) is 16.5. The highest BCUT2D eigenvalue weighted by molar-refractivity contribution is 6.04. The maximum absolute atomic E-state index is 12.8. The number of hydrogen-bond donors (Lipinski definition) is 0. The van der Waals surface area contributed by atoms with Gasteiger partial charge in [-0.3, -0.25) is 19.4 Å². The Morgan fingerprint density at radius 2 is 1.82 bits per heavy atom. The van der Waals surface area contributed by atoms with Crippen molar-refractivity contribution in [2.75, 3.05) is 26.2 Å². The zero-order valence-electron chi connectivity index (χ0n) is 14.5. The predicted molar refractivity (Wildman–Crippen MR) is 86.9 cm³/mol. The summed E-state index contributed by atoms with van der Waals surface area (Å²) in [4.78, 5) is 29.0. The van der Waals surface area contributed by atoms with Crippen LogP contribution in [0.25, 0.3) is 0 Å². The van der Waals surface area contributed by atoms with Crippen LogP contribution >= 0.6 is 0 Å². The number of imide groups is 1. The van der Waals surface area contributed by atoms with E-state index in [1.54, 1.807) is 0 Å². The zero-order valence-corrected chi connectivity index (χ0v) is 14.5. The lowest BCUT2D eigenvalue weighted by Crippen LogP contribution is -2.59. The van der Waals surface area contributed by atoms with Gasteiger partial charge in [-0.2, -0.15) is 0 Å². The molecule has 0 spiro atoms. The minimum absolute atomic E-state index is 0.0258. The quantitative estimate of drug-likeness (QED) is 0.590. The molecule has 0 N–H and O–H groups in total. The molecule has 2 bridgehead atoms. The molecule has 1 saturated heterocycles. The lowest BCUT2D eigenvalue weighted by atomic mass is 9.62. The van der Waals surface area contributed by atoms with Gasteiger partial charge in [-0.15, -0.1) is 0 Å². The fourth-order valence-electron chi connectivity index (χ4n) is 3.80. The number of nitrogens with zero attached hydrogens (tertiary/aromatic N) is 2. The molecule has 1 heterocycles. The van der Waals surface area contributed by atoms with Gasteiger partial charge in [0, 0.05) is 5.92 Å². The van der Waals surface area contributed by atoms with Crippen molar-refractivity contribution in [3.05, 3.63) is 0 Å². The van der Waals surface area contributed by atoms with E-state index in [0.717, 1.165) is 25.9 Å². The van der Waals surface area contributed by atoms with Crippen LogP contribution in [0.5, 0.6) is 0 Å². The average Bonchev–Trinajstić information content (AvgIpc) is 2.67. The first kappa shape index (κ1) is 17.0. The molecule has 0 radical (unpaired) electrons. The minimum Gasteiger partial charge on any atom is -0.293 e. The Bertz CT molecular complexity index is 525. The third kappa shape index (κ3) is 2.46. The Balaban J connectivity index is 2.09. The molecule has 2 aliphatic rings. The first-order chi connectivity index (χ1) is 10.3. The van der Waals surface area contributed by atoms with E-state index in [1.807, 2.05) is 6.92 Å². The molecular formula is C18H28N2O2. The summed E-state index contributed by atoms with van der Waals surface area (Å²) in [6, 6.07) is 0. The van der Waals surface area contributed by atoms with Crippen molar-refractivity contribution >= 4 is 11.8 Å². The Morgan fingerprint density at radius 1 is 1.18 bits per heavy atom.